The van der Waals surface area contributed by atoms with E-state index in [1.54, 1.807) is 23.5 Å². The highest BCUT2D eigenvalue weighted by Gasteiger charge is 2.27. The number of carboxylic acid groups (broad SMARTS) is 2. The van der Waals surface area contributed by atoms with E-state index in [1.165, 1.54) is 20.9 Å². The van der Waals surface area contributed by atoms with Gasteiger partial charge in [-0.1, -0.05) is 35.4 Å². The number of aliphatic carboxylic acids is 2. The van der Waals surface area contributed by atoms with Crippen molar-refractivity contribution in [2.45, 2.75) is 96.3 Å². The lowest BCUT2D eigenvalue weighted by Crippen LogP contribution is -2.15. The number of aromatic nitrogens is 2. The summed E-state index contributed by atoms with van der Waals surface area (Å²) in [6, 6.07) is 16.8. The van der Waals surface area contributed by atoms with Crippen LogP contribution in [0.15, 0.2) is 92.0 Å². The second-order valence-electron chi connectivity index (χ2n) is 15.3. The number of nitrogens with one attached hydrogen (secondary N) is 4. The molecule has 0 spiro atoms. The summed E-state index contributed by atoms with van der Waals surface area (Å²) >= 11 is 3.48. The van der Waals surface area contributed by atoms with Crippen LogP contribution in [-0.2, 0) is 38.4 Å². The molecule has 2 aromatic heterocycles. The Morgan fingerprint density at radius 2 is 0.949 bits per heavy atom. The van der Waals surface area contributed by atoms with E-state index >= 15 is 0 Å². The maximum atomic E-state index is 12.9. The minimum absolute atomic E-state index is 0.0672. The van der Waals surface area contributed by atoms with Crippen LogP contribution >= 0.6 is 23.5 Å². The summed E-state index contributed by atoms with van der Waals surface area (Å²) in [5.41, 5.74) is 13.8. The average molecular weight is 833 g/mol. The van der Waals surface area contributed by atoms with E-state index in [1.807, 2.05) is 39.8 Å². The molecule has 2 aliphatic heterocycles. The highest BCUT2D eigenvalue weighted by molar-refractivity contribution is 7.99. The predicted octanol–water partition coefficient (Wildman–Crippen LogP) is 9.14. The molecule has 2 aliphatic rings. The maximum Gasteiger partial charge on any atom is 0.303 e. The number of carbonyl (C=O) groups excluding carboxylic acids is 2. The van der Waals surface area contributed by atoms with Crippen molar-refractivity contribution in [1.82, 2.24) is 20.6 Å². The molecule has 2 amide bonds. The Bertz CT molecular complexity index is 2240. The zero-order chi connectivity index (χ0) is 42.4. The van der Waals surface area contributed by atoms with E-state index < -0.39 is 11.9 Å². The molecule has 12 heteroatoms. The molecule has 0 atom stereocenters. The fraction of sp³-hybridized carbons (Fsp3) is 0.319. The number of H-pyrrole nitrogens is 2. The zero-order valence-electron chi connectivity index (χ0n) is 34.5. The summed E-state index contributed by atoms with van der Waals surface area (Å²) in [4.78, 5) is 59.0. The van der Waals surface area contributed by atoms with Gasteiger partial charge in [-0.05, 0) is 137 Å². The van der Waals surface area contributed by atoms with Crippen molar-refractivity contribution >= 4 is 59.4 Å². The number of amides is 2. The van der Waals surface area contributed by atoms with Crippen molar-refractivity contribution in [3.05, 3.63) is 138 Å². The van der Waals surface area contributed by atoms with Gasteiger partial charge in [-0.25, -0.2) is 0 Å². The van der Waals surface area contributed by atoms with Crippen molar-refractivity contribution in [3.8, 4) is 0 Å². The van der Waals surface area contributed by atoms with Crippen LogP contribution in [0.4, 0.5) is 0 Å². The lowest BCUT2D eigenvalue weighted by Gasteiger charge is -2.07. The fourth-order valence-corrected chi connectivity index (χ4v) is 9.34. The standard InChI is InChI=1S/C47H52N4O6S2/c1-26-7-11-32(12-8-26)58-21-19-36-30(5)46(56)50-42(36)23-38-28(3)34(15-17-44(52)53)40(48-38)25-41-35(16-18-45(54)55)29(4)39(49-41)24-43-37(31(6)47(57)51-43)20-22-59-33-13-9-27(2)10-14-33/h7-14,23-24,48-49H,15-22,25H2,1-6H3,(H,50,56)(H,51,57)(H,52,53)(H,54,55)/b42-23-,43-24-. The molecule has 308 valence electrons. The van der Waals surface area contributed by atoms with Gasteiger partial charge in [-0.15, -0.1) is 23.5 Å². The minimum atomic E-state index is -0.909. The molecule has 59 heavy (non-hydrogen) atoms. The monoisotopic (exact) mass is 832 g/mol. The number of hydrogen-bond donors (Lipinski definition) is 6. The van der Waals surface area contributed by atoms with Gasteiger partial charge in [0.2, 0.25) is 0 Å². The molecule has 0 aliphatic carbocycles. The molecule has 0 fully saturated rings. The lowest BCUT2D eigenvalue weighted by atomic mass is 9.98. The van der Waals surface area contributed by atoms with Crippen LogP contribution in [0.3, 0.4) is 0 Å². The van der Waals surface area contributed by atoms with Gasteiger partial charge in [0.25, 0.3) is 11.8 Å². The molecule has 2 aromatic carbocycles. The van der Waals surface area contributed by atoms with Crippen molar-refractivity contribution in [1.29, 1.82) is 0 Å². The normalized spacial score (nSPS) is 15.6. The van der Waals surface area contributed by atoms with Crippen LogP contribution in [0.2, 0.25) is 0 Å². The summed E-state index contributed by atoms with van der Waals surface area (Å²) < 4.78 is 0. The van der Waals surface area contributed by atoms with Gasteiger partial charge in [0.1, 0.15) is 0 Å². The zero-order valence-corrected chi connectivity index (χ0v) is 36.1. The Balaban J connectivity index is 1.30. The number of aromatic amines is 2. The molecule has 4 heterocycles. The van der Waals surface area contributed by atoms with Crippen molar-refractivity contribution in [2.75, 3.05) is 11.5 Å². The Kier molecular flexibility index (Phi) is 13.9. The molecule has 0 unspecified atom stereocenters. The summed E-state index contributed by atoms with van der Waals surface area (Å²) in [6.07, 6.45) is 6.06. The summed E-state index contributed by atoms with van der Waals surface area (Å²) in [7, 11) is 0. The van der Waals surface area contributed by atoms with Gasteiger partial charge in [-0.2, -0.15) is 0 Å². The molecule has 4 aromatic rings. The first kappa shape index (κ1) is 43.1. The van der Waals surface area contributed by atoms with Crippen LogP contribution in [0.1, 0.15) is 95.7 Å². The Morgan fingerprint density at radius 3 is 1.31 bits per heavy atom. The second kappa shape index (κ2) is 19.1. The smallest absolute Gasteiger partial charge is 0.303 e. The molecule has 0 radical (unpaired) electrons. The number of benzene rings is 2. The van der Waals surface area contributed by atoms with Crippen molar-refractivity contribution in [3.63, 3.8) is 0 Å². The number of thioether (sulfide) groups is 2. The van der Waals surface area contributed by atoms with Crippen LogP contribution in [-0.4, -0.2) is 55.4 Å². The quantitative estimate of drug-likeness (QED) is 0.0541. The molecule has 0 saturated heterocycles. The number of rotatable bonds is 18. The minimum Gasteiger partial charge on any atom is -0.481 e. The lowest BCUT2D eigenvalue weighted by molar-refractivity contribution is -0.138. The molecular formula is C47H52N4O6S2. The van der Waals surface area contributed by atoms with E-state index in [0.29, 0.717) is 43.3 Å². The van der Waals surface area contributed by atoms with Crippen LogP contribution < -0.4 is 10.6 Å². The van der Waals surface area contributed by atoms with E-state index in [9.17, 15) is 29.4 Å². The molecule has 10 nitrogen and oxygen atoms in total. The van der Waals surface area contributed by atoms with Crippen LogP contribution in [0.25, 0.3) is 12.2 Å². The Hall–Kier alpha value is -5.46. The van der Waals surface area contributed by atoms with E-state index in [-0.39, 0.29) is 24.7 Å². The molecule has 0 bridgehead atoms. The third-order valence-electron chi connectivity index (χ3n) is 11.1. The Morgan fingerprint density at radius 1 is 0.576 bits per heavy atom. The predicted molar refractivity (Wildman–Crippen MR) is 236 cm³/mol. The van der Waals surface area contributed by atoms with Crippen LogP contribution in [0, 0.1) is 27.7 Å². The number of allylic oxidation sites excluding steroid dienone is 2. The SMILES string of the molecule is CC1=C(CCSc2ccc(C)cc2)/C(=C/c2[nH]c(Cc3[nH]c(/C=C4\NC(=O)C(C)=C4CCSc4ccc(C)cc4)c(C)c3CCC(=O)O)c(CCC(=O)O)c2C)NC1=O. The number of carboxylic acids is 2. The van der Waals surface area contributed by atoms with Gasteiger partial charge in [-0.3, -0.25) is 19.2 Å². The van der Waals surface area contributed by atoms with E-state index in [0.717, 1.165) is 79.1 Å². The number of aryl methyl sites for hydroxylation is 2. The average Bonchev–Trinajstić information content (AvgIpc) is 3.84. The van der Waals surface area contributed by atoms with E-state index in [2.05, 4.69) is 83.0 Å². The summed E-state index contributed by atoms with van der Waals surface area (Å²) in [6.45, 7) is 11.7. The first-order valence-corrected chi connectivity index (χ1v) is 21.8. The van der Waals surface area contributed by atoms with E-state index in [4.69, 9.17) is 0 Å². The molecule has 6 rings (SSSR count). The number of carbonyl (C=O) groups is 4. The van der Waals surface area contributed by atoms with Gasteiger partial charge >= 0.3 is 11.9 Å². The van der Waals surface area contributed by atoms with Gasteiger partial charge in [0.15, 0.2) is 0 Å². The maximum absolute atomic E-state index is 12.9. The molecule has 0 saturated carbocycles. The van der Waals surface area contributed by atoms with Crippen LogP contribution in [0.5, 0.6) is 0 Å². The second-order valence-corrected chi connectivity index (χ2v) is 17.6. The summed E-state index contributed by atoms with van der Waals surface area (Å²) in [5, 5.41) is 25.5. The number of hydrogen-bond acceptors (Lipinski definition) is 6. The van der Waals surface area contributed by atoms with Crippen molar-refractivity contribution in [2.24, 2.45) is 0 Å². The third-order valence-corrected chi connectivity index (χ3v) is 13.2. The molecule has 6 N–H and O–H groups in total. The Labute approximate surface area is 354 Å². The van der Waals surface area contributed by atoms with Gasteiger partial charge in [0, 0.05) is 85.9 Å². The topological polar surface area (TPSA) is 164 Å². The summed E-state index contributed by atoms with van der Waals surface area (Å²) in [5.74, 6) is -0.507. The fourth-order valence-electron chi connectivity index (χ4n) is 7.60. The highest BCUT2D eigenvalue weighted by Crippen LogP contribution is 2.34. The van der Waals surface area contributed by atoms with Gasteiger partial charge < -0.3 is 30.8 Å². The first-order chi connectivity index (χ1) is 28.2. The first-order valence-electron chi connectivity index (χ1n) is 19.9. The third kappa shape index (κ3) is 10.6. The highest BCUT2D eigenvalue weighted by atomic mass is 32.2. The van der Waals surface area contributed by atoms with Gasteiger partial charge in [0.05, 0.1) is 0 Å². The molecular weight excluding hydrogens is 781 g/mol. The van der Waals surface area contributed by atoms with Crippen molar-refractivity contribution < 1.29 is 29.4 Å². The largest absolute Gasteiger partial charge is 0.481 e.